The van der Waals surface area contributed by atoms with Gasteiger partial charge < -0.3 is 10.2 Å². The molecule has 2 heterocycles. The number of aromatic amines is 1. The highest BCUT2D eigenvalue weighted by molar-refractivity contribution is 6.04. The van der Waals surface area contributed by atoms with Crippen LogP contribution in [0.2, 0.25) is 0 Å². The molecule has 112 valence electrons. The van der Waals surface area contributed by atoms with Gasteiger partial charge in [0, 0.05) is 12.7 Å². The highest BCUT2D eigenvalue weighted by Crippen LogP contribution is 2.22. The van der Waals surface area contributed by atoms with Gasteiger partial charge in [-0.3, -0.25) is 19.6 Å². The molecule has 0 atom stereocenters. The molecule has 1 saturated heterocycles. The molecule has 3 rings (SSSR count). The van der Waals surface area contributed by atoms with Crippen molar-refractivity contribution >= 4 is 17.8 Å². The Kier molecular flexibility index (Phi) is 3.36. The van der Waals surface area contributed by atoms with Crippen LogP contribution in [0.4, 0.5) is 4.79 Å². The van der Waals surface area contributed by atoms with E-state index in [-0.39, 0.29) is 24.9 Å². The van der Waals surface area contributed by atoms with E-state index in [1.165, 1.54) is 17.5 Å². The fourth-order valence-corrected chi connectivity index (χ4v) is 2.74. The molecular formula is C13H17N5O3. The number of nitrogens with zero attached hydrogens (tertiary/aromatic N) is 3. The summed E-state index contributed by atoms with van der Waals surface area (Å²) in [6.07, 6.45) is 3.08. The van der Waals surface area contributed by atoms with Crippen molar-refractivity contribution in [2.24, 2.45) is 0 Å². The molecule has 1 aliphatic heterocycles. The van der Waals surface area contributed by atoms with Crippen LogP contribution in [0.3, 0.4) is 0 Å². The van der Waals surface area contributed by atoms with Crippen LogP contribution >= 0.6 is 0 Å². The number of likely N-dealkylation sites (N-methyl/N-ethyl adjacent to an activating group) is 1. The first-order valence-corrected chi connectivity index (χ1v) is 6.93. The Morgan fingerprint density at radius 2 is 2.19 bits per heavy atom. The summed E-state index contributed by atoms with van der Waals surface area (Å²) < 4.78 is 0. The second-order valence-electron chi connectivity index (χ2n) is 5.38. The van der Waals surface area contributed by atoms with E-state index in [1.54, 1.807) is 0 Å². The molecule has 0 radical (unpaired) electrons. The predicted octanol–water partition coefficient (Wildman–Crippen LogP) is -0.591. The van der Waals surface area contributed by atoms with Crippen LogP contribution < -0.4 is 5.32 Å². The van der Waals surface area contributed by atoms with Gasteiger partial charge in [0.05, 0.1) is 12.2 Å². The van der Waals surface area contributed by atoms with Crippen LogP contribution in [0, 0.1) is 0 Å². The van der Waals surface area contributed by atoms with Gasteiger partial charge in [-0.1, -0.05) is 0 Å². The molecule has 4 amide bonds. The second kappa shape index (κ2) is 5.19. The molecule has 8 nitrogen and oxygen atoms in total. The van der Waals surface area contributed by atoms with E-state index in [0.29, 0.717) is 6.54 Å². The zero-order valence-electron chi connectivity index (χ0n) is 11.8. The predicted molar refractivity (Wildman–Crippen MR) is 72.2 cm³/mol. The number of aromatic nitrogens is 2. The van der Waals surface area contributed by atoms with Gasteiger partial charge in [0.2, 0.25) is 5.91 Å². The summed E-state index contributed by atoms with van der Waals surface area (Å²) in [7, 11) is 1.53. The number of hydrogen-bond acceptors (Lipinski definition) is 4. The molecule has 1 aromatic heterocycles. The van der Waals surface area contributed by atoms with Crippen LogP contribution in [0.25, 0.3) is 0 Å². The van der Waals surface area contributed by atoms with Crippen molar-refractivity contribution < 1.29 is 14.4 Å². The van der Waals surface area contributed by atoms with Gasteiger partial charge in [0.15, 0.2) is 0 Å². The smallest absolute Gasteiger partial charge is 0.327 e. The van der Waals surface area contributed by atoms with Crippen molar-refractivity contribution in [2.45, 2.75) is 25.8 Å². The Balaban J connectivity index is 1.55. The van der Waals surface area contributed by atoms with Crippen LogP contribution in [0.1, 0.15) is 23.4 Å². The lowest BCUT2D eigenvalue weighted by molar-refractivity contribution is -0.130. The van der Waals surface area contributed by atoms with E-state index in [9.17, 15) is 14.4 Å². The lowest BCUT2D eigenvalue weighted by Crippen LogP contribution is -2.40. The minimum absolute atomic E-state index is 0.0268. The molecule has 0 unspecified atom stereocenters. The van der Waals surface area contributed by atoms with E-state index < -0.39 is 6.03 Å². The maximum atomic E-state index is 11.9. The molecule has 0 aromatic carbocycles. The third-order valence-corrected chi connectivity index (χ3v) is 3.88. The first-order chi connectivity index (χ1) is 10.1. The average molecular weight is 291 g/mol. The molecule has 2 aliphatic rings. The van der Waals surface area contributed by atoms with Crippen molar-refractivity contribution in [3.63, 3.8) is 0 Å². The monoisotopic (exact) mass is 291 g/mol. The number of carbonyl (C=O) groups excluding carboxylic acids is 3. The molecule has 0 bridgehead atoms. The first kappa shape index (κ1) is 13.6. The largest absolute Gasteiger partial charge is 0.349 e. The van der Waals surface area contributed by atoms with E-state index in [1.807, 2.05) is 0 Å². The van der Waals surface area contributed by atoms with Crippen molar-refractivity contribution in [1.29, 1.82) is 0 Å². The Morgan fingerprint density at radius 1 is 1.38 bits per heavy atom. The molecule has 1 aromatic rings. The fraction of sp³-hybridized carbons (Fsp3) is 0.538. The van der Waals surface area contributed by atoms with Crippen LogP contribution in [-0.2, 0) is 29.0 Å². The average Bonchev–Trinajstić information content (AvgIpc) is 3.09. The number of urea groups is 1. The van der Waals surface area contributed by atoms with Gasteiger partial charge in [0.25, 0.3) is 5.91 Å². The summed E-state index contributed by atoms with van der Waals surface area (Å²) in [5.41, 5.74) is 3.17. The fourth-order valence-electron chi connectivity index (χ4n) is 2.74. The van der Waals surface area contributed by atoms with Gasteiger partial charge in [-0.15, -0.1) is 0 Å². The number of nitrogens with one attached hydrogen (secondary N) is 2. The van der Waals surface area contributed by atoms with Crippen molar-refractivity contribution in [3.8, 4) is 0 Å². The molecule has 8 heteroatoms. The number of carbonyl (C=O) groups is 3. The SMILES string of the molecule is CN1CC(=O)N(CC(=O)NCc2n[nH]c3c2CCC3)C1=O. The quantitative estimate of drug-likeness (QED) is 0.724. The zero-order chi connectivity index (χ0) is 15.0. The van der Waals surface area contributed by atoms with Crippen molar-refractivity contribution in [1.82, 2.24) is 25.3 Å². The number of imide groups is 1. The number of aryl methyl sites for hydroxylation is 1. The van der Waals surface area contributed by atoms with E-state index in [2.05, 4.69) is 15.5 Å². The topological polar surface area (TPSA) is 98.4 Å². The normalized spacial score (nSPS) is 17.6. The minimum Gasteiger partial charge on any atom is -0.349 e. The van der Waals surface area contributed by atoms with Crippen LogP contribution in [0.15, 0.2) is 0 Å². The minimum atomic E-state index is -0.434. The molecule has 2 N–H and O–H groups in total. The molecular weight excluding hydrogens is 274 g/mol. The van der Waals surface area contributed by atoms with Crippen molar-refractivity contribution in [3.05, 3.63) is 17.0 Å². The number of hydrogen-bond donors (Lipinski definition) is 2. The molecule has 1 aliphatic carbocycles. The molecule has 0 saturated carbocycles. The number of amides is 4. The van der Waals surface area contributed by atoms with Gasteiger partial charge >= 0.3 is 6.03 Å². The Hall–Kier alpha value is -2.38. The number of rotatable bonds is 4. The maximum Gasteiger partial charge on any atom is 0.327 e. The summed E-state index contributed by atoms with van der Waals surface area (Å²) in [4.78, 5) is 37.4. The highest BCUT2D eigenvalue weighted by atomic mass is 16.2. The Morgan fingerprint density at radius 3 is 2.90 bits per heavy atom. The highest BCUT2D eigenvalue weighted by Gasteiger charge is 2.34. The lowest BCUT2D eigenvalue weighted by atomic mass is 10.2. The number of H-pyrrole nitrogens is 1. The van der Waals surface area contributed by atoms with E-state index in [4.69, 9.17) is 0 Å². The zero-order valence-corrected chi connectivity index (χ0v) is 11.8. The van der Waals surface area contributed by atoms with Gasteiger partial charge in [0.1, 0.15) is 13.1 Å². The summed E-state index contributed by atoms with van der Waals surface area (Å²) in [5, 5.41) is 9.88. The Labute approximate surface area is 121 Å². The van der Waals surface area contributed by atoms with Gasteiger partial charge in [-0.2, -0.15) is 5.10 Å². The lowest BCUT2D eigenvalue weighted by Gasteiger charge is -2.13. The first-order valence-electron chi connectivity index (χ1n) is 6.93. The summed E-state index contributed by atoms with van der Waals surface area (Å²) in [6, 6.07) is -0.434. The molecule has 1 fully saturated rings. The Bertz CT molecular complexity index is 609. The van der Waals surface area contributed by atoms with Crippen LogP contribution in [-0.4, -0.2) is 58.0 Å². The number of fused-ring (bicyclic) bond motifs is 1. The summed E-state index contributed by atoms with van der Waals surface area (Å²) in [5.74, 6) is -0.708. The van der Waals surface area contributed by atoms with E-state index >= 15 is 0 Å². The maximum absolute atomic E-state index is 11.9. The van der Waals surface area contributed by atoms with E-state index in [0.717, 1.165) is 35.6 Å². The van der Waals surface area contributed by atoms with Crippen LogP contribution in [0.5, 0.6) is 0 Å². The third kappa shape index (κ3) is 2.48. The summed E-state index contributed by atoms with van der Waals surface area (Å²) >= 11 is 0. The summed E-state index contributed by atoms with van der Waals surface area (Å²) in [6.45, 7) is 0.102. The molecule has 0 spiro atoms. The van der Waals surface area contributed by atoms with Gasteiger partial charge in [-0.05, 0) is 24.8 Å². The van der Waals surface area contributed by atoms with Gasteiger partial charge in [-0.25, -0.2) is 4.79 Å². The van der Waals surface area contributed by atoms with Crippen molar-refractivity contribution in [2.75, 3.05) is 20.1 Å². The second-order valence-corrected chi connectivity index (χ2v) is 5.38. The third-order valence-electron chi connectivity index (χ3n) is 3.88. The standard InChI is InChI=1S/C13H17N5O3/c1-17-7-12(20)18(13(17)21)6-11(19)14-5-10-8-3-2-4-9(8)15-16-10/h2-7H2,1H3,(H,14,19)(H,15,16). The molecule has 21 heavy (non-hydrogen) atoms.